The highest BCUT2D eigenvalue weighted by Crippen LogP contribution is 2.26. The van der Waals surface area contributed by atoms with Crippen LogP contribution >= 0.6 is 22.9 Å². The number of halogens is 1. The summed E-state index contributed by atoms with van der Waals surface area (Å²) in [6.07, 6.45) is 1.54. The van der Waals surface area contributed by atoms with E-state index in [4.69, 9.17) is 11.6 Å². The maximum atomic E-state index is 12.6. The molecule has 1 N–H and O–H groups in total. The van der Waals surface area contributed by atoms with Gasteiger partial charge in [0.1, 0.15) is 5.38 Å². The van der Waals surface area contributed by atoms with Crippen LogP contribution in [0.25, 0.3) is 0 Å². The molecule has 1 amide bonds. The molecule has 6 nitrogen and oxygen atoms in total. The second-order valence-corrected chi connectivity index (χ2v) is 8.85. The summed E-state index contributed by atoms with van der Waals surface area (Å²) < 4.78 is 26.4. The zero-order valence-corrected chi connectivity index (χ0v) is 16.6. The molecule has 0 spiro atoms. The van der Waals surface area contributed by atoms with Gasteiger partial charge in [0.25, 0.3) is 10.0 Å². The number of aromatic nitrogens is 1. The van der Waals surface area contributed by atoms with E-state index in [-0.39, 0.29) is 4.90 Å². The van der Waals surface area contributed by atoms with Crippen molar-refractivity contribution in [2.24, 2.45) is 0 Å². The van der Waals surface area contributed by atoms with Gasteiger partial charge in [0, 0.05) is 24.3 Å². The average molecular weight is 422 g/mol. The minimum Gasteiger partial charge on any atom is -0.325 e. The maximum absolute atomic E-state index is 12.6. The Bertz CT molecular complexity index is 1010. The number of carbonyl (C=O) groups is 1. The third kappa shape index (κ3) is 4.29. The number of benzene rings is 2. The van der Waals surface area contributed by atoms with Gasteiger partial charge in [0.15, 0.2) is 5.13 Å². The molecule has 0 aliphatic rings. The Kier molecular flexibility index (Phi) is 5.79. The van der Waals surface area contributed by atoms with E-state index >= 15 is 0 Å². The summed E-state index contributed by atoms with van der Waals surface area (Å²) in [5.41, 5.74) is 1.14. The van der Waals surface area contributed by atoms with Crippen LogP contribution in [0.5, 0.6) is 0 Å². The molecule has 1 atom stereocenters. The van der Waals surface area contributed by atoms with E-state index in [1.165, 1.54) is 42.6 Å². The van der Waals surface area contributed by atoms with Crippen molar-refractivity contribution in [1.29, 1.82) is 0 Å². The minimum atomic E-state index is -3.72. The monoisotopic (exact) mass is 421 g/mol. The summed E-state index contributed by atoms with van der Waals surface area (Å²) in [5, 5.41) is 3.92. The van der Waals surface area contributed by atoms with Gasteiger partial charge in [-0.3, -0.25) is 4.79 Å². The standard InChI is InChI=1S/C18H16ClN3O3S2/c1-22(18-20-11-12-26-18)27(24,25)15-9-7-14(8-10-15)21-17(23)16(19)13-5-3-2-4-6-13/h2-12,16H,1H3,(H,21,23). The van der Waals surface area contributed by atoms with Crippen LogP contribution in [0.4, 0.5) is 10.8 Å². The van der Waals surface area contributed by atoms with E-state index in [1.807, 2.05) is 6.07 Å². The summed E-state index contributed by atoms with van der Waals surface area (Å²) in [6.45, 7) is 0. The molecule has 0 aliphatic heterocycles. The van der Waals surface area contributed by atoms with Crippen molar-refractivity contribution in [3.63, 3.8) is 0 Å². The molecule has 0 bridgehead atoms. The number of sulfonamides is 1. The molecular weight excluding hydrogens is 406 g/mol. The molecule has 3 rings (SSSR count). The van der Waals surface area contributed by atoms with Gasteiger partial charge in [-0.1, -0.05) is 30.3 Å². The van der Waals surface area contributed by atoms with Crippen molar-refractivity contribution in [2.45, 2.75) is 10.3 Å². The van der Waals surface area contributed by atoms with E-state index in [2.05, 4.69) is 10.3 Å². The van der Waals surface area contributed by atoms with Crippen LogP contribution < -0.4 is 9.62 Å². The van der Waals surface area contributed by atoms with E-state index in [1.54, 1.807) is 35.8 Å². The third-order valence-electron chi connectivity index (χ3n) is 3.79. The van der Waals surface area contributed by atoms with Crippen LogP contribution in [0.3, 0.4) is 0 Å². The lowest BCUT2D eigenvalue weighted by molar-refractivity contribution is -0.116. The molecule has 0 saturated carbocycles. The molecule has 1 heterocycles. The molecule has 1 unspecified atom stereocenters. The molecule has 1 aromatic heterocycles. The van der Waals surface area contributed by atoms with Gasteiger partial charge in [0.05, 0.1) is 4.90 Å². The minimum absolute atomic E-state index is 0.101. The highest BCUT2D eigenvalue weighted by molar-refractivity contribution is 7.93. The van der Waals surface area contributed by atoms with Gasteiger partial charge < -0.3 is 5.32 Å². The lowest BCUT2D eigenvalue weighted by Crippen LogP contribution is -2.26. The highest BCUT2D eigenvalue weighted by atomic mass is 35.5. The smallest absolute Gasteiger partial charge is 0.265 e. The molecule has 0 radical (unpaired) electrons. The van der Waals surface area contributed by atoms with E-state index in [0.29, 0.717) is 16.4 Å². The third-order valence-corrected chi connectivity index (χ3v) is 6.97. The number of amides is 1. The SMILES string of the molecule is CN(c1nccs1)S(=O)(=O)c1ccc(NC(=O)C(Cl)c2ccccc2)cc1. The van der Waals surface area contributed by atoms with Crippen molar-refractivity contribution in [1.82, 2.24) is 4.98 Å². The van der Waals surface area contributed by atoms with Gasteiger partial charge in [-0.2, -0.15) is 0 Å². The molecule has 0 fully saturated rings. The van der Waals surface area contributed by atoms with Gasteiger partial charge >= 0.3 is 0 Å². The molecule has 2 aromatic carbocycles. The zero-order valence-electron chi connectivity index (χ0n) is 14.2. The average Bonchev–Trinajstić information content (AvgIpc) is 3.22. The van der Waals surface area contributed by atoms with E-state index in [9.17, 15) is 13.2 Å². The van der Waals surface area contributed by atoms with Crippen LogP contribution in [-0.4, -0.2) is 26.4 Å². The van der Waals surface area contributed by atoms with Crippen LogP contribution in [0.15, 0.2) is 71.1 Å². The number of nitrogens with one attached hydrogen (secondary N) is 1. The Morgan fingerprint density at radius 1 is 1.15 bits per heavy atom. The molecule has 140 valence electrons. The Labute approximate surface area is 166 Å². The normalized spacial score (nSPS) is 12.4. The Morgan fingerprint density at radius 3 is 2.41 bits per heavy atom. The number of hydrogen-bond acceptors (Lipinski definition) is 5. The number of thiazole rings is 1. The summed E-state index contributed by atoms with van der Waals surface area (Å²) >= 11 is 7.42. The molecule has 9 heteroatoms. The molecule has 3 aromatic rings. The van der Waals surface area contributed by atoms with Crippen LogP contribution in [0.2, 0.25) is 0 Å². The van der Waals surface area contributed by atoms with Crippen molar-refractivity contribution >= 4 is 49.7 Å². The quantitative estimate of drug-likeness (QED) is 0.612. The maximum Gasteiger partial charge on any atom is 0.265 e. The van der Waals surface area contributed by atoms with E-state index < -0.39 is 21.3 Å². The summed E-state index contributed by atoms with van der Waals surface area (Å²) in [5.74, 6) is -0.390. The fourth-order valence-electron chi connectivity index (χ4n) is 2.32. The van der Waals surface area contributed by atoms with Gasteiger partial charge in [0.2, 0.25) is 5.91 Å². The lowest BCUT2D eigenvalue weighted by Gasteiger charge is -2.16. The number of hydrogen-bond donors (Lipinski definition) is 1. The number of carbonyl (C=O) groups excluding carboxylic acids is 1. The van der Waals surface area contributed by atoms with Crippen molar-refractivity contribution in [3.8, 4) is 0 Å². The van der Waals surface area contributed by atoms with Crippen LogP contribution in [0.1, 0.15) is 10.9 Å². The number of anilines is 2. The van der Waals surface area contributed by atoms with E-state index in [0.717, 1.165) is 4.31 Å². The first-order valence-electron chi connectivity index (χ1n) is 7.88. The van der Waals surface area contributed by atoms with Crippen LogP contribution in [0, 0.1) is 0 Å². The first-order chi connectivity index (χ1) is 12.9. The zero-order chi connectivity index (χ0) is 19.4. The fourth-order valence-corrected chi connectivity index (χ4v) is 4.51. The Morgan fingerprint density at radius 2 is 1.81 bits per heavy atom. The summed E-state index contributed by atoms with van der Waals surface area (Å²) in [4.78, 5) is 16.4. The van der Waals surface area contributed by atoms with Crippen molar-refractivity contribution < 1.29 is 13.2 Å². The molecular formula is C18H16ClN3O3S2. The van der Waals surface area contributed by atoms with Gasteiger partial charge in [-0.05, 0) is 29.8 Å². The predicted octanol–water partition coefficient (Wildman–Crippen LogP) is 3.89. The Balaban J connectivity index is 1.73. The molecule has 0 aliphatic carbocycles. The largest absolute Gasteiger partial charge is 0.325 e. The number of alkyl halides is 1. The summed E-state index contributed by atoms with van der Waals surface area (Å²) in [6, 6.07) is 14.9. The van der Waals surface area contributed by atoms with Crippen LogP contribution in [-0.2, 0) is 14.8 Å². The lowest BCUT2D eigenvalue weighted by atomic mass is 10.1. The van der Waals surface area contributed by atoms with Crippen molar-refractivity contribution in [3.05, 3.63) is 71.7 Å². The first kappa shape index (κ1) is 19.3. The van der Waals surface area contributed by atoms with Gasteiger partial charge in [-0.15, -0.1) is 22.9 Å². The molecule has 27 heavy (non-hydrogen) atoms. The second-order valence-electron chi connectivity index (χ2n) is 5.57. The number of rotatable bonds is 6. The summed E-state index contributed by atoms with van der Waals surface area (Å²) in [7, 11) is -2.28. The molecule has 0 saturated heterocycles. The highest BCUT2D eigenvalue weighted by Gasteiger charge is 2.23. The van der Waals surface area contributed by atoms with Crippen molar-refractivity contribution in [2.75, 3.05) is 16.7 Å². The fraction of sp³-hybridized carbons (Fsp3) is 0.111. The van der Waals surface area contributed by atoms with Gasteiger partial charge in [-0.25, -0.2) is 17.7 Å². The Hall–Kier alpha value is -2.42. The first-order valence-corrected chi connectivity index (χ1v) is 10.6. The number of nitrogens with zero attached hydrogens (tertiary/aromatic N) is 2. The predicted molar refractivity (Wildman–Crippen MR) is 108 cm³/mol. The second kappa shape index (κ2) is 8.08. The topological polar surface area (TPSA) is 79.4 Å².